The van der Waals surface area contributed by atoms with E-state index in [0.717, 1.165) is 28.8 Å². The maximum absolute atomic E-state index is 6.02. The highest BCUT2D eigenvalue weighted by molar-refractivity contribution is 8.14. The number of nitrogens with zero attached hydrogens (tertiary/aromatic N) is 2. The van der Waals surface area contributed by atoms with Crippen molar-refractivity contribution in [2.24, 2.45) is 4.99 Å². The maximum atomic E-state index is 6.02. The number of halogens is 2. The second-order valence-corrected chi connectivity index (χ2v) is 7.14. The van der Waals surface area contributed by atoms with Crippen molar-refractivity contribution in [3.63, 3.8) is 0 Å². The third kappa shape index (κ3) is 4.38. The number of amidine groups is 1. The van der Waals surface area contributed by atoms with Crippen molar-refractivity contribution in [1.29, 1.82) is 0 Å². The summed E-state index contributed by atoms with van der Waals surface area (Å²) in [7, 11) is 0. The molecule has 118 valence electrons. The lowest BCUT2D eigenvalue weighted by molar-refractivity contribution is 0.687. The Kier molecular flexibility index (Phi) is 5.43. The third-order valence-electron chi connectivity index (χ3n) is 3.12. The third-order valence-corrected chi connectivity index (χ3v) is 4.83. The van der Waals surface area contributed by atoms with E-state index in [2.05, 4.69) is 10.3 Å². The van der Waals surface area contributed by atoms with Crippen molar-refractivity contribution >= 4 is 68.8 Å². The molecule has 1 aliphatic heterocycles. The van der Waals surface area contributed by atoms with E-state index in [1.54, 1.807) is 30.0 Å². The summed E-state index contributed by atoms with van der Waals surface area (Å²) >= 11 is 19.2. The maximum Gasteiger partial charge on any atom is 0.179 e. The van der Waals surface area contributed by atoms with Crippen LogP contribution in [-0.2, 0) is 0 Å². The molecule has 0 atom stereocenters. The van der Waals surface area contributed by atoms with Gasteiger partial charge in [0.25, 0.3) is 0 Å². The molecule has 0 saturated carbocycles. The average molecular weight is 382 g/mol. The molecule has 3 rings (SSSR count). The van der Waals surface area contributed by atoms with E-state index < -0.39 is 0 Å². The summed E-state index contributed by atoms with van der Waals surface area (Å²) in [6.45, 7) is 0.816. The minimum atomic E-state index is 0.566. The van der Waals surface area contributed by atoms with Gasteiger partial charge < -0.3 is 5.32 Å². The van der Waals surface area contributed by atoms with Gasteiger partial charge in [0.15, 0.2) is 10.3 Å². The Balaban J connectivity index is 1.77. The van der Waals surface area contributed by atoms with Crippen LogP contribution in [0.25, 0.3) is 0 Å². The first-order chi connectivity index (χ1) is 11.1. The second-order valence-electron chi connectivity index (χ2n) is 4.82. The Bertz CT molecular complexity index is 730. The quantitative estimate of drug-likeness (QED) is 0.702. The van der Waals surface area contributed by atoms with Crippen LogP contribution in [-0.4, -0.2) is 27.5 Å². The number of anilines is 1. The van der Waals surface area contributed by atoms with E-state index in [1.165, 1.54) is 0 Å². The zero-order valence-corrected chi connectivity index (χ0v) is 15.1. The van der Waals surface area contributed by atoms with E-state index in [1.807, 2.05) is 35.2 Å². The molecule has 7 heteroatoms. The molecule has 23 heavy (non-hydrogen) atoms. The Labute approximate surface area is 154 Å². The standard InChI is InChI=1S/C16H13Cl2N3S2/c17-11-8-12(18)10-14(9-11)19-15(22)21-6-7-23-16(21)20-13-4-2-1-3-5-13/h1-5,8-10H,6-7H2,(H,19,22)/b20-16+. The summed E-state index contributed by atoms with van der Waals surface area (Å²) in [4.78, 5) is 6.65. The highest BCUT2D eigenvalue weighted by atomic mass is 35.5. The van der Waals surface area contributed by atoms with E-state index in [-0.39, 0.29) is 0 Å². The number of hydrogen-bond donors (Lipinski definition) is 1. The summed E-state index contributed by atoms with van der Waals surface area (Å²) < 4.78 is 0. The Morgan fingerprint density at radius 1 is 1.13 bits per heavy atom. The number of benzene rings is 2. The highest BCUT2D eigenvalue weighted by Crippen LogP contribution is 2.26. The predicted molar refractivity (Wildman–Crippen MR) is 105 cm³/mol. The number of nitrogens with one attached hydrogen (secondary N) is 1. The van der Waals surface area contributed by atoms with Gasteiger partial charge in [0, 0.05) is 28.0 Å². The lowest BCUT2D eigenvalue weighted by atomic mass is 10.3. The number of rotatable bonds is 2. The van der Waals surface area contributed by atoms with Crippen molar-refractivity contribution in [1.82, 2.24) is 4.90 Å². The molecule has 0 unspecified atom stereocenters. The zero-order valence-electron chi connectivity index (χ0n) is 12.0. The fraction of sp³-hybridized carbons (Fsp3) is 0.125. The molecule has 2 aromatic rings. The molecule has 1 aliphatic rings. The predicted octanol–water partition coefficient (Wildman–Crippen LogP) is 5.43. The monoisotopic (exact) mass is 381 g/mol. The van der Waals surface area contributed by atoms with Gasteiger partial charge in [-0.25, -0.2) is 4.99 Å². The number of hydrogen-bond acceptors (Lipinski definition) is 3. The van der Waals surface area contributed by atoms with Gasteiger partial charge in [-0.3, -0.25) is 4.90 Å². The van der Waals surface area contributed by atoms with E-state index in [0.29, 0.717) is 15.2 Å². The molecular weight excluding hydrogens is 369 g/mol. The van der Waals surface area contributed by atoms with Gasteiger partial charge in [0.1, 0.15) is 0 Å². The van der Waals surface area contributed by atoms with Crippen LogP contribution >= 0.6 is 47.2 Å². The van der Waals surface area contributed by atoms with Gasteiger partial charge in [-0.05, 0) is 42.5 Å². The highest BCUT2D eigenvalue weighted by Gasteiger charge is 2.23. The molecule has 1 N–H and O–H groups in total. The van der Waals surface area contributed by atoms with Gasteiger partial charge in [-0.1, -0.05) is 53.2 Å². The molecule has 1 saturated heterocycles. The van der Waals surface area contributed by atoms with Gasteiger partial charge in [0.2, 0.25) is 0 Å². The van der Waals surface area contributed by atoms with Crippen molar-refractivity contribution in [3.8, 4) is 0 Å². The topological polar surface area (TPSA) is 27.6 Å². The van der Waals surface area contributed by atoms with Gasteiger partial charge in [-0.2, -0.15) is 0 Å². The summed E-state index contributed by atoms with van der Waals surface area (Å²) in [5.41, 5.74) is 1.68. The summed E-state index contributed by atoms with van der Waals surface area (Å²) in [6, 6.07) is 15.1. The molecule has 0 aromatic heterocycles. The minimum absolute atomic E-state index is 0.566. The normalized spacial score (nSPS) is 15.9. The second kappa shape index (κ2) is 7.53. The minimum Gasteiger partial charge on any atom is -0.332 e. The van der Waals surface area contributed by atoms with E-state index >= 15 is 0 Å². The van der Waals surface area contributed by atoms with Crippen molar-refractivity contribution in [2.75, 3.05) is 17.6 Å². The fourth-order valence-electron chi connectivity index (χ4n) is 2.11. The Hall–Kier alpha value is -1.27. The fourth-order valence-corrected chi connectivity index (χ4v) is 3.96. The number of aliphatic imine (C=N–C) groups is 1. The van der Waals surface area contributed by atoms with E-state index in [4.69, 9.17) is 35.4 Å². The molecule has 0 radical (unpaired) electrons. The Morgan fingerprint density at radius 3 is 2.52 bits per heavy atom. The largest absolute Gasteiger partial charge is 0.332 e. The van der Waals surface area contributed by atoms with Crippen LogP contribution in [0.2, 0.25) is 10.0 Å². The van der Waals surface area contributed by atoms with E-state index in [9.17, 15) is 0 Å². The van der Waals surface area contributed by atoms with Crippen LogP contribution in [0, 0.1) is 0 Å². The van der Waals surface area contributed by atoms with Crippen LogP contribution in [0.1, 0.15) is 0 Å². The molecule has 2 aromatic carbocycles. The summed E-state index contributed by atoms with van der Waals surface area (Å²) in [6.07, 6.45) is 0. The summed E-state index contributed by atoms with van der Waals surface area (Å²) in [5.74, 6) is 0.948. The molecule has 0 spiro atoms. The van der Waals surface area contributed by atoms with Gasteiger partial charge in [0.05, 0.1) is 5.69 Å². The molecule has 0 amide bonds. The first-order valence-corrected chi connectivity index (χ1v) is 9.08. The summed E-state index contributed by atoms with van der Waals surface area (Å²) in [5, 5.41) is 5.79. The lowest BCUT2D eigenvalue weighted by Gasteiger charge is -2.20. The number of para-hydroxylation sites is 1. The molecule has 1 heterocycles. The first-order valence-electron chi connectivity index (χ1n) is 6.93. The van der Waals surface area contributed by atoms with Crippen LogP contribution in [0.5, 0.6) is 0 Å². The molecule has 1 fully saturated rings. The van der Waals surface area contributed by atoms with Crippen LogP contribution in [0.3, 0.4) is 0 Å². The molecule has 0 aliphatic carbocycles. The first kappa shape index (κ1) is 16.6. The SMILES string of the molecule is S=C(Nc1cc(Cl)cc(Cl)c1)N1CCS/C1=N/c1ccccc1. The van der Waals surface area contributed by atoms with Crippen LogP contribution in [0.4, 0.5) is 11.4 Å². The molecule has 3 nitrogen and oxygen atoms in total. The van der Waals surface area contributed by atoms with Crippen molar-refractivity contribution < 1.29 is 0 Å². The van der Waals surface area contributed by atoms with Gasteiger partial charge in [-0.15, -0.1) is 0 Å². The Morgan fingerprint density at radius 2 is 1.83 bits per heavy atom. The zero-order chi connectivity index (χ0) is 16.2. The molecule has 0 bridgehead atoms. The lowest BCUT2D eigenvalue weighted by Crippen LogP contribution is -2.35. The average Bonchev–Trinajstić information content (AvgIpc) is 2.95. The number of thiocarbonyl (C=S) groups is 1. The number of thioether (sulfide) groups is 1. The van der Waals surface area contributed by atoms with Crippen molar-refractivity contribution in [3.05, 3.63) is 58.6 Å². The molecular formula is C16H13Cl2N3S2. The van der Waals surface area contributed by atoms with Crippen molar-refractivity contribution in [2.45, 2.75) is 0 Å². The van der Waals surface area contributed by atoms with Crippen LogP contribution < -0.4 is 5.32 Å². The van der Waals surface area contributed by atoms with Gasteiger partial charge >= 0.3 is 0 Å². The van der Waals surface area contributed by atoms with Crippen LogP contribution in [0.15, 0.2) is 53.5 Å². The smallest absolute Gasteiger partial charge is 0.179 e.